The minimum absolute atomic E-state index is 0.0321. The molecule has 46 heavy (non-hydrogen) atoms. The van der Waals surface area contributed by atoms with Crippen molar-refractivity contribution in [2.45, 2.75) is 51.0 Å². The summed E-state index contributed by atoms with van der Waals surface area (Å²) in [7, 11) is 0. The molecule has 2 amide bonds. The summed E-state index contributed by atoms with van der Waals surface area (Å²) in [5, 5.41) is 19.5. The molecule has 3 aromatic carbocycles. The Kier molecular flexibility index (Phi) is 9.98. The van der Waals surface area contributed by atoms with Crippen LogP contribution in [-0.4, -0.2) is 47.8 Å². The van der Waals surface area contributed by atoms with Crippen LogP contribution in [0.1, 0.15) is 59.9 Å². The summed E-state index contributed by atoms with van der Waals surface area (Å²) in [6.07, 6.45) is 5.47. The number of nitriles is 2. The van der Waals surface area contributed by atoms with Crippen LogP contribution in [0.25, 0.3) is 5.57 Å². The van der Waals surface area contributed by atoms with Crippen LogP contribution in [-0.2, 0) is 21.6 Å². The molecule has 2 saturated heterocycles. The van der Waals surface area contributed by atoms with E-state index in [0.717, 1.165) is 30.4 Å². The molecule has 0 N–H and O–H groups in total. The van der Waals surface area contributed by atoms with Crippen molar-refractivity contribution in [2.75, 3.05) is 26.2 Å². The van der Waals surface area contributed by atoms with Gasteiger partial charge in [-0.2, -0.15) is 10.5 Å². The van der Waals surface area contributed by atoms with Gasteiger partial charge in [0.25, 0.3) is 11.8 Å². The van der Waals surface area contributed by atoms with Crippen molar-refractivity contribution in [3.8, 4) is 17.9 Å². The zero-order valence-electron chi connectivity index (χ0n) is 26.1. The smallest absolute Gasteiger partial charge is 0.254 e. The Labute approximate surface area is 269 Å². The Balaban J connectivity index is 1.40. The molecule has 2 aliphatic rings. The number of ether oxygens (including phenoxy) is 1. The molecule has 0 aliphatic carbocycles. The van der Waals surface area contributed by atoms with E-state index in [1.807, 2.05) is 48.2 Å². The zero-order chi connectivity index (χ0) is 32.7. The van der Waals surface area contributed by atoms with Crippen LogP contribution in [0.3, 0.4) is 0 Å². The topological polar surface area (TPSA) is 97.4 Å². The molecule has 2 aliphatic heterocycles. The van der Waals surface area contributed by atoms with E-state index in [4.69, 9.17) is 4.74 Å². The van der Waals surface area contributed by atoms with Crippen LogP contribution in [0.15, 0.2) is 85.0 Å². The molecule has 0 unspecified atom stereocenters. The number of nitrogens with zero attached hydrogens (tertiary/aromatic N) is 4. The van der Waals surface area contributed by atoms with E-state index in [9.17, 15) is 24.5 Å². The number of carbonyl (C=O) groups excluding carboxylic acids is 2. The second-order valence-electron chi connectivity index (χ2n) is 12.0. The SMILES string of the molecule is C=C(/C=C(/C(=O)N1CCCCC1)c1cc(OCc2cc(F)ccc2C#N)ccc1C)C(=O)N1CCC(C#N)(c2ccccc2)CC1. The van der Waals surface area contributed by atoms with Crippen LogP contribution in [0.2, 0.25) is 0 Å². The number of likely N-dealkylation sites (tertiary alicyclic amines) is 2. The molecule has 0 saturated carbocycles. The number of benzene rings is 3. The number of aryl methyl sites for hydroxylation is 1. The van der Waals surface area contributed by atoms with Crippen molar-refractivity contribution in [3.05, 3.63) is 119 Å². The second kappa shape index (κ2) is 14.3. The highest BCUT2D eigenvalue weighted by molar-refractivity contribution is 6.21. The lowest BCUT2D eigenvalue weighted by Gasteiger charge is -2.37. The normalized spacial score (nSPS) is 16.2. The molecule has 0 aromatic heterocycles. The molecular weight excluding hydrogens is 579 g/mol. The second-order valence-corrected chi connectivity index (χ2v) is 12.0. The van der Waals surface area contributed by atoms with Crippen molar-refractivity contribution in [1.29, 1.82) is 10.5 Å². The predicted molar refractivity (Wildman–Crippen MR) is 174 cm³/mol. The third-order valence-electron chi connectivity index (χ3n) is 8.99. The summed E-state index contributed by atoms with van der Waals surface area (Å²) < 4.78 is 19.9. The van der Waals surface area contributed by atoms with Crippen LogP contribution in [0.5, 0.6) is 5.75 Å². The number of piperidine rings is 2. The molecule has 3 aromatic rings. The molecule has 234 valence electrons. The molecule has 0 bridgehead atoms. The van der Waals surface area contributed by atoms with Crippen molar-refractivity contribution in [2.24, 2.45) is 0 Å². The lowest BCUT2D eigenvalue weighted by molar-refractivity contribution is -0.128. The number of rotatable bonds is 8. The van der Waals surface area contributed by atoms with Gasteiger partial charge in [0.05, 0.1) is 23.1 Å². The number of halogens is 1. The predicted octanol–water partition coefficient (Wildman–Crippen LogP) is 6.62. The summed E-state index contributed by atoms with van der Waals surface area (Å²) >= 11 is 0. The molecule has 0 spiro atoms. The summed E-state index contributed by atoms with van der Waals surface area (Å²) in [5.41, 5.74) is 2.99. The standard InChI is InChI=1S/C38H37FN4O3/c1-27-11-14-33(46-25-30-22-32(39)13-12-29(30)24-40)23-34(27)35(37(45)42-17-7-4-8-18-42)21-28(2)36(44)43-19-15-38(26-41,16-20-43)31-9-5-3-6-10-31/h3,5-6,9-14,21-23H,2,4,7-8,15-20,25H2,1H3/b35-21+. The number of carbonyl (C=O) groups is 2. The lowest BCUT2D eigenvalue weighted by atomic mass is 9.74. The highest BCUT2D eigenvalue weighted by Crippen LogP contribution is 2.36. The van der Waals surface area contributed by atoms with E-state index < -0.39 is 11.2 Å². The van der Waals surface area contributed by atoms with E-state index in [2.05, 4.69) is 18.7 Å². The highest BCUT2D eigenvalue weighted by Gasteiger charge is 2.38. The summed E-state index contributed by atoms with van der Waals surface area (Å²) in [4.78, 5) is 31.2. The number of hydrogen-bond acceptors (Lipinski definition) is 5. The van der Waals surface area contributed by atoms with Gasteiger partial charge in [-0.05, 0) is 92.1 Å². The maximum absolute atomic E-state index is 14.0. The van der Waals surface area contributed by atoms with Gasteiger partial charge in [0.1, 0.15) is 18.2 Å². The van der Waals surface area contributed by atoms with E-state index >= 15 is 0 Å². The van der Waals surface area contributed by atoms with Gasteiger partial charge in [-0.15, -0.1) is 0 Å². The van der Waals surface area contributed by atoms with Crippen LogP contribution in [0.4, 0.5) is 4.39 Å². The number of hydrogen-bond donors (Lipinski definition) is 0. The maximum atomic E-state index is 14.0. The van der Waals surface area contributed by atoms with Crippen molar-refractivity contribution in [1.82, 2.24) is 9.80 Å². The fraction of sp³-hybridized carbons (Fsp3) is 0.316. The lowest BCUT2D eigenvalue weighted by Crippen LogP contribution is -2.45. The minimum atomic E-state index is -0.651. The molecular formula is C38H37FN4O3. The Morgan fingerprint density at radius 2 is 1.63 bits per heavy atom. The van der Waals surface area contributed by atoms with Crippen molar-refractivity contribution < 1.29 is 18.7 Å². The van der Waals surface area contributed by atoms with Gasteiger partial charge in [0, 0.05) is 42.9 Å². The average Bonchev–Trinajstić information content (AvgIpc) is 3.10. The highest BCUT2D eigenvalue weighted by atomic mass is 19.1. The fourth-order valence-electron chi connectivity index (χ4n) is 6.21. The fourth-order valence-corrected chi connectivity index (χ4v) is 6.21. The van der Waals surface area contributed by atoms with Crippen LogP contribution in [0, 0.1) is 35.4 Å². The quantitative estimate of drug-likeness (QED) is 0.209. The van der Waals surface area contributed by atoms with E-state index in [1.165, 1.54) is 18.2 Å². The molecule has 5 rings (SSSR count). The summed E-state index contributed by atoms with van der Waals surface area (Å²) in [6, 6.07) is 23.5. The molecule has 2 heterocycles. The Morgan fingerprint density at radius 1 is 0.935 bits per heavy atom. The minimum Gasteiger partial charge on any atom is -0.489 e. The molecule has 8 heteroatoms. The van der Waals surface area contributed by atoms with Gasteiger partial charge in [-0.25, -0.2) is 4.39 Å². The van der Waals surface area contributed by atoms with Crippen molar-refractivity contribution in [3.63, 3.8) is 0 Å². The van der Waals surface area contributed by atoms with E-state index in [1.54, 1.807) is 23.1 Å². The first kappa shape index (κ1) is 32.2. The first-order valence-electron chi connectivity index (χ1n) is 15.6. The molecule has 7 nitrogen and oxygen atoms in total. The van der Waals surface area contributed by atoms with Gasteiger partial charge >= 0.3 is 0 Å². The van der Waals surface area contributed by atoms with Gasteiger partial charge in [-0.1, -0.05) is 43.0 Å². The summed E-state index contributed by atoms with van der Waals surface area (Å²) in [6.45, 7) is 8.00. The largest absolute Gasteiger partial charge is 0.489 e. The first-order valence-corrected chi connectivity index (χ1v) is 15.6. The van der Waals surface area contributed by atoms with Gasteiger partial charge in [0.2, 0.25) is 0 Å². The summed E-state index contributed by atoms with van der Waals surface area (Å²) in [5.74, 6) is -0.483. The van der Waals surface area contributed by atoms with Crippen LogP contribution < -0.4 is 4.74 Å². The molecule has 0 atom stereocenters. The Hall–Kier alpha value is -5.21. The Bertz CT molecular complexity index is 1740. The monoisotopic (exact) mass is 616 g/mol. The third kappa shape index (κ3) is 7.03. The van der Waals surface area contributed by atoms with E-state index in [0.29, 0.717) is 67.0 Å². The molecule has 0 radical (unpaired) electrons. The van der Waals surface area contributed by atoms with Gasteiger partial charge in [-0.3, -0.25) is 9.59 Å². The Morgan fingerprint density at radius 3 is 2.30 bits per heavy atom. The van der Waals surface area contributed by atoms with E-state index in [-0.39, 0.29) is 24.0 Å². The molecule has 2 fully saturated rings. The zero-order valence-corrected chi connectivity index (χ0v) is 26.1. The maximum Gasteiger partial charge on any atom is 0.254 e. The first-order chi connectivity index (χ1) is 22.2. The van der Waals surface area contributed by atoms with Gasteiger partial charge in [0.15, 0.2) is 0 Å². The van der Waals surface area contributed by atoms with Crippen molar-refractivity contribution >= 4 is 17.4 Å². The van der Waals surface area contributed by atoms with Crippen LogP contribution >= 0.6 is 0 Å². The number of amides is 2. The third-order valence-corrected chi connectivity index (χ3v) is 8.99. The average molecular weight is 617 g/mol. The van der Waals surface area contributed by atoms with Gasteiger partial charge < -0.3 is 14.5 Å².